The molecule has 0 bridgehead atoms. The highest BCUT2D eigenvalue weighted by atomic mass is 16.2. The highest BCUT2D eigenvalue weighted by Gasteiger charge is 2.26. The Bertz CT molecular complexity index is 900. The van der Waals surface area contributed by atoms with Crippen LogP contribution in [0.5, 0.6) is 0 Å². The second-order valence-corrected chi connectivity index (χ2v) is 7.43. The molecule has 3 rings (SSSR count). The molecule has 0 N–H and O–H groups in total. The number of benzene rings is 2. The third kappa shape index (κ3) is 4.67. The van der Waals surface area contributed by atoms with Crippen LogP contribution < -0.4 is 0 Å². The van der Waals surface area contributed by atoms with E-state index in [4.69, 9.17) is 0 Å². The lowest BCUT2D eigenvalue weighted by Crippen LogP contribution is -2.38. The second-order valence-electron chi connectivity index (χ2n) is 7.43. The maximum atomic E-state index is 13.2. The summed E-state index contributed by atoms with van der Waals surface area (Å²) in [5.74, 6) is 0.934. The summed E-state index contributed by atoms with van der Waals surface area (Å²) in [4.78, 5) is 21.4. The molecule has 0 saturated heterocycles. The molecule has 28 heavy (non-hydrogen) atoms. The van der Waals surface area contributed by atoms with Crippen molar-refractivity contribution in [2.45, 2.75) is 26.1 Å². The number of hydrogen-bond acceptors (Lipinski definition) is 3. The fourth-order valence-electron chi connectivity index (χ4n) is 3.32. The van der Waals surface area contributed by atoms with Gasteiger partial charge in [-0.2, -0.15) is 0 Å². The summed E-state index contributed by atoms with van der Waals surface area (Å²) in [6.45, 7) is 3.26. The van der Waals surface area contributed by atoms with Gasteiger partial charge in [0.15, 0.2) is 0 Å². The Hall–Kier alpha value is -2.92. The van der Waals surface area contributed by atoms with Crippen molar-refractivity contribution in [1.29, 1.82) is 0 Å². The van der Waals surface area contributed by atoms with Crippen LogP contribution in [-0.2, 0) is 17.9 Å². The van der Waals surface area contributed by atoms with Gasteiger partial charge in [0.25, 0.3) is 0 Å². The van der Waals surface area contributed by atoms with Crippen LogP contribution in [0.4, 0.5) is 0 Å². The Labute approximate surface area is 167 Å². The van der Waals surface area contributed by atoms with Crippen molar-refractivity contribution < 1.29 is 4.79 Å². The molecule has 5 nitrogen and oxygen atoms in total. The Kier molecular flexibility index (Phi) is 6.26. The monoisotopic (exact) mass is 376 g/mol. The zero-order chi connectivity index (χ0) is 20.1. The number of aromatic nitrogens is 2. The maximum Gasteiger partial charge on any atom is 0.244 e. The summed E-state index contributed by atoms with van der Waals surface area (Å²) in [5, 5.41) is 0. The predicted octanol–water partition coefficient (Wildman–Crippen LogP) is 3.50. The topological polar surface area (TPSA) is 41.4 Å². The van der Waals surface area contributed by atoms with Crippen LogP contribution in [0.25, 0.3) is 0 Å². The first kappa shape index (κ1) is 19.8. The average Bonchev–Trinajstić information content (AvgIpc) is 3.10. The molecule has 0 aliphatic carbocycles. The van der Waals surface area contributed by atoms with Crippen LogP contribution in [0.2, 0.25) is 0 Å². The van der Waals surface area contributed by atoms with Crippen LogP contribution in [-0.4, -0.2) is 46.4 Å². The summed E-state index contributed by atoms with van der Waals surface area (Å²) >= 11 is 0. The van der Waals surface area contributed by atoms with Gasteiger partial charge in [-0.15, -0.1) is 0 Å². The van der Waals surface area contributed by atoms with Gasteiger partial charge in [-0.1, -0.05) is 60.2 Å². The molecule has 1 amide bonds. The Morgan fingerprint density at radius 1 is 1.04 bits per heavy atom. The molecule has 5 heteroatoms. The number of likely N-dealkylation sites (N-methyl/N-ethyl adjacent to an activating group) is 2. The number of nitrogens with zero attached hydrogens (tertiary/aromatic N) is 4. The van der Waals surface area contributed by atoms with Crippen molar-refractivity contribution in [3.05, 3.63) is 89.5 Å². The summed E-state index contributed by atoms with van der Waals surface area (Å²) in [6, 6.07) is 18.1. The maximum absolute atomic E-state index is 13.2. The number of amides is 1. The van der Waals surface area contributed by atoms with Gasteiger partial charge in [0.1, 0.15) is 11.9 Å². The first-order valence-electron chi connectivity index (χ1n) is 9.47. The van der Waals surface area contributed by atoms with Crippen LogP contribution in [0.15, 0.2) is 67.0 Å². The summed E-state index contributed by atoms with van der Waals surface area (Å²) in [6.07, 6.45) is 3.75. The van der Waals surface area contributed by atoms with Crippen molar-refractivity contribution in [1.82, 2.24) is 19.4 Å². The standard InChI is InChI=1S/C23H28N4O/c1-18-10-12-20(13-11-18)22(25(2)3)23(28)26(4)17-21-24-14-15-27(21)16-19-8-6-5-7-9-19/h5-15,22H,16-17H2,1-4H3. The number of imidazole rings is 1. The van der Waals surface area contributed by atoms with Gasteiger partial charge < -0.3 is 9.47 Å². The molecular weight excluding hydrogens is 348 g/mol. The first-order chi connectivity index (χ1) is 13.5. The summed E-state index contributed by atoms with van der Waals surface area (Å²) in [7, 11) is 5.72. The largest absolute Gasteiger partial charge is 0.337 e. The van der Waals surface area contributed by atoms with E-state index in [-0.39, 0.29) is 11.9 Å². The summed E-state index contributed by atoms with van der Waals surface area (Å²) in [5.41, 5.74) is 3.40. The van der Waals surface area contributed by atoms with Crippen molar-refractivity contribution in [2.75, 3.05) is 21.1 Å². The lowest BCUT2D eigenvalue weighted by molar-refractivity contribution is -0.135. The lowest BCUT2D eigenvalue weighted by atomic mass is 10.0. The smallest absolute Gasteiger partial charge is 0.244 e. The van der Waals surface area contributed by atoms with E-state index in [1.165, 1.54) is 11.1 Å². The minimum atomic E-state index is -0.317. The highest BCUT2D eigenvalue weighted by molar-refractivity contribution is 5.83. The number of aryl methyl sites for hydroxylation is 1. The van der Waals surface area contributed by atoms with E-state index in [9.17, 15) is 4.79 Å². The normalized spacial score (nSPS) is 12.2. The number of rotatable bonds is 7. The molecule has 0 aliphatic heterocycles. The molecular formula is C23H28N4O. The zero-order valence-electron chi connectivity index (χ0n) is 17.0. The van der Waals surface area contributed by atoms with E-state index >= 15 is 0 Å². The van der Waals surface area contributed by atoms with Gasteiger partial charge in [-0.05, 0) is 32.1 Å². The van der Waals surface area contributed by atoms with Gasteiger partial charge in [-0.3, -0.25) is 9.69 Å². The number of carbonyl (C=O) groups is 1. The van der Waals surface area contributed by atoms with Gasteiger partial charge >= 0.3 is 0 Å². The molecule has 1 heterocycles. The average molecular weight is 377 g/mol. The number of carbonyl (C=O) groups excluding carboxylic acids is 1. The van der Waals surface area contributed by atoms with Gasteiger partial charge in [0.05, 0.1) is 6.54 Å². The molecule has 0 aliphatic rings. The second kappa shape index (κ2) is 8.85. The molecule has 3 aromatic rings. The van der Waals surface area contributed by atoms with E-state index in [1.807, 2.05) is 74.7 Å². The predicted molar refractivity (Wildman–Crippen MR) is 112 cm³/mol. The molecule has 146 valence electrons. The Balaban J connectivity index is 1.75. The fourth-order valence-corrected chi connectivity index (χ4v) is 3.32. The zero-order valence-corrected chi connectivity index (χ0v) is 17.0. The van der Waals surface area contributed by atoms with Crippen molar-refractivity contribution in [2.24, 2.45) is 0 Å². The van der Waals surface area contributed by atoms with Crippen LogP contribution in [0, 0.1) is 6.92 Å². The van der Waals surface area contributed by atoms with Gasteiger partial charge in [0.2, 0.25) is 5.91 Å². The van der Waals surface area contributed by atoms with E-state index in [0.29, 0.717) is 6.54 Å². The van der Waals surface area contributed by atoms with Gasteiger partial charge in [-0.25, -0.2) is 4.98 Å². The molecule has 0 saturated carbocycles. The Morgan fingerprint density at radius 2 is 1.71 bits per heavy atom. The van der Waals surface area contributed by atoms with E-state index in [2.05, 4.69) is 28.6 Å². The third-order valence-electron chi connectivity index (χ3n) is 4.90. The fraction of sp³-hybridized carbons (Fsp3) is 0.304. The first-order valence-corrected chi connectivity index (χ1v) is 9.47. The quantitative estimate of drug-likeness (QED) is 0.634. The SMILES string of the molecule is Cc1ccc(C(C(=O)N(C)Cc2nccn2Cc2ccccc2)N(C)C)cc1. The highest BCUT2D eigenvalue weighted by Crippen LogP contribution is 2.22. The lowest BCUT2D eigenvalue weighted by Gasteiger charge is -2.28. The van der Waals surface area contributed by atoms with Crippen LogP contribution in [0.1, 0.15) is 28.6 Å². The molecule has 1 atom stereocenters. The van der Waals surface area contributed by atoms with E-state index < -0.39 is 0 Å². The van der Waals surface area contributed by atoms with Gasteiger partial charge in [0, 0.05) is 26.0 Å². The molecule has 0 radical (unpaired) electrons. The van der Waals surface area contributed by atoms with E-state index in [0.717, 1.165) is 17.9 Å². The molecule has 0 spiro atoms. The number of hydrogen-bond donors (Lipinski definition) is 0. The molecule has 1 unspecified atom stereocenters. The molecule has 2 aromatic carbocycles. The Morgan fingerprint density at radius 3 is 2.36 bits per heavy atom. The van der Waals surface area contributed by atoms with Crippen LogP contribution >= 0.6 is 0 Å². The van der Waals surface area contributed by atoms with E-state index in [1.54, 1.807) is 11.1 Å². The minimum Gasteiger partial charge on any atom is -0.337 e. The minimum absolute atomic E-state index is 0.0584. The van der Waals surface area contributed by atoms with Crippen molar-refractivity contribution in [3.8, 4) is 0 Å². The third-order valence-corrected chi connectivity index (χ3v) is 4.90. The molecule has 0 fully saturated rings. The van der Waals surface area contributed by atoms with Crippen LogP contribution in [0.3, 0.4) is 0 Å². The summed E-state index contributed by atoms with van der Waals surface area (Å²) < 4.78 is 2.09. The molecule has 1 aromatic heterocycles. The van der Waals surface area contributed by atoms with Crippen molar-refractivity contribution >= 4 is 5.91 Å². The van der Waals surface area contributed by atoms with Crippen molar-refractivity contribution in [3.63, 3.8) is 0 Å².